The number of carbonyl (C=O) groups excluding carboxylic acids is 3. The van der Waals surface area contributed by atoms with Crippen molar-refractivity contribution in [3.05, 3.63) is 36.5 Å². The zero-order valence-electron chi connectivity index (χ0n) is 52.0. The maximum atomic E-state index is 12.9. The lowest BCUT2D eigenvalue weighted by molar-refractivity contribution is -0.167. The second-order valence-corrected chi connectivity index (χ2v) is 23.4. The highest BCUT2D eigenvalue weighted by atomic mass is 16.6. The van der Waals surface area contributed by atoms with E-state index in [1.165, 1.54) is 270 Å². The van der Waals surface area contributed by atoms with Gasteiger partial charge in [0, 0.05) is 19.3 Å². The Morgan fingerprint density at radius 2 is 0.468 bits per heavy atom. The van der Waals surface area contributed by atoms with E-state index < -0.39 is 6.10 Å². The van der Waals surface area contributed by atoms with E-state index in [1.54, 1.807) is 0 Å². The summed E-state index contributed by atoms with van der Waals surface area (Å²) in [7, 11) is 0. The van der Waals surface area contributed by atoms with Crippen LogP contribution in [0.4, 0.5) is 0 Å². The molecule has 0 rings (SSSR count). The van der Waals surface area contributed by atoms with Crippen LogP contribution >= 0.6 is 0 Å². The third-order valence-electron chi connectivity index (χ3n) is 15.6. The van der Waals surface area contributed by atoms with Crippen molar-refractivity contribution in [2.45, 2.75) is 386 Å². The van der Waals surface area contributed by atoms with E-state index in [2.05, 4.69) is 57.2 Å². The smallest absolute Gasteiger partial charge is 0.306 e. The average molecular weight is 1080 g/mol. The van der Waals surface area contributed by atoms with Crippen LogP contribution in [-0.4, -0.2) is 37.2 Å². The minimum atomic E-state index is -0.775. The van der Waals surface area contributed by atoms with Crippen molar-refractivity contribution in [3.8, 4) is 0 Å². The predicted molar refractivity (Wildman–Crippen MR) is 335 cm³/mol. The molecule has 0 aliphatic heterocycles. The van der Waals surface area contributed by atoms with Crippen LogP contribution in [0.1, 0.15) is 380 Å². The molecule has 0 spiro atoms. The van der Waals surface area contributed by atoms with Gasteiger partial charge in [0.15, 0.2) is 6.10 Å². The number of esters is 3. The van der Waals surface area contributed by atoms with Gasteiger partial charge in [-0.3, -0.25) is 14.4 Å². The molecule has 0 amide bonds. The van der Waals surface area contributed by atoms with Crippen molar-refractivity contribution >= 4 is 17.9 Å². The average Bonchev–Trinajstić information content (AvgIpc) is 3.43. The molecule has 0 unspecified atom stereocenters. The van der Waals surface area contributed by atoms with Crippen molar-refractivity contribution < 1.29 is 28.6 Å². The molecular weight excluding hydrogens is 949 g/mol. The van der Waals surface area contributed by atoms with Gasteiger partial charge in [0.2, 0.25) is 0 Å². The quantitative estimate of drug-likeness (QED) is 0.0261. The van der Waals surface area contributed by atoms with Crippen LogP contribution in [0.5, 0.6) is 0 Å². The van der Waals surface area contributed by atoms with E-state index in [1.807, 2.05) is 0 Å². The third-order valence-corrected chi connectivity index (χ3v) is 15.6. The lowest BCUT2D eigenvalue weighted by Gasteiger charge is -2.18. The lowest BCUT2D eigenvalue weighted by Crippen LogP contribution is -2.30. The van der Waals surface area contributed by atoms with Gasteiger partial charge in [-0.15, -0.1) is 0 Å². The van der Waals surface area contributed by atoms with Crippen LogP contribution in [0.3, 0.4) is 0 Å². The zero-order valence-corrected chi connectivity index (χ0v) is 52.0. The predicted octanol–water partition coefficient (Wildman–Crippen LogP) is 23.6. The Bertz CT molecular complexity index is 1290. The molecule has 0 bridgehead atoms. The summed E-state index contributed by atoms with van der Waals surface area (Å²) in [5.74, 6) is -0.851. The fourth-order valence-corrected chi connectivity index (χ4v) is 10.4. The largest absolute Gasteiger partial charge is 0.462 e. The van der Waals surface area contributed by atoms with Gasteiger partial charge in [0.25, 0.3) is 0 Å². The van der Waals surface area contributed by atoms with E-state index in [-0.39, 0.29) is 31.1 Å². The van der Waals surface area contributed by atoms with E-state index >= 15 is 0 Å². The molecule has 77 heavy (non-hydrogen) atoms. The van der Waals surface area contributed by atoms with Crippen LogP contribution in [0.2, 0.25) is 0 Å². The molecule has 6 heteroatoms. The molecule has 0 radical (unpaired) electrons. The highest BCUT2D eigenvalue weighted by Crippen LogP contribution is 2.18. The summed E-state index contributed by atoms with van der Waals surface area (Å²) in [6, 6.07) is 0. The Morgan fingerprint density at radius 3 is 0.753 bits per heavy atom. The molecule has 0 aromatic rings. The van der Waals surface area contributed by atoms with Gasteiger partial charge >= 0.3 is 17.9 Å². The Kier molecular flexibility index (Phi) is 64.1. The molecule has 0 aromatic carbocycles. The van der Waals surface area contributed by atoms with Gasteiger partial charge in [-0.25, -0.2) is 0 Å². The highest BCUT2D eigenvalue weighted by Gasteiger charge is 2.19. The minimum absolute atomic E-state index is 0.0707. The molecule has 0 heterocycles. The molecule has 0 N–H and O–H groups in total. The molecule has 1 atom stereocenters. The van der Waals surface area contributed by atoms with Gasteiger partial charge in [-0.05, 0) is 77.0 Å². The van der Waals surface area contributed by atoms with E-state index in [9.17, 15) is 14.4 Å². The van der Waals surface area contributed by atoms with Crippen molar-refractivity contribution in [2.24, 2.45) is 0 Å². The number of ether oxygens (including phenoxy) is 3. The number of rotatable bonds is 64. The normalized spacial score (nSPS) is 12.2. The van der Waals surface area contributed by atoms with Crippen LogP contribution in [0, 0.1) is 0 Å². The van der Waals surface area contributed by atoms with Gasteiger partial charge < -0.3 is 14.2 Å². The first kappa shape index (κ1) is 74.6. The maximum absolute atomic E-state index is 12.9. The van der Waals surface area contributed by atoms with E-state index in [4.69, 9.17) is 14.2 Å². The van der Waals surface area contributed by atoms with E-state index in [0.717, 1.165) is 70.6 Å². The third kappa shape index (κ3) is 64.3. The fourth-order valence-electron chi connectivity index (χ4n) is 10.4. The van der Waals surface area contributed by atoms with Crippen LogP contribution < -0.4 is 0 Å². The number of carbonyl (C=O) groups is 3. The maximum Gasteiger partial charge on any atom is 0.306 e. The summed E-state index contributed by atoms with van der Waals surface area (Å²) >= 11 is 0. The second-order valence-electron chi connectivity index (χ2n) is 23.4. The van der Waals surface area contributed by atoms with Crippen molar-refractivity contribution in [3.63, 3.8) is 0 Å². The summed E-state index contributed by atoms with van der Waals surface area (Å²) in [5, 5.41) is 0. The Hall–Kier alpha value is -2.37. The lowest BCUT2D eigenvalue weighted by atomic mass is 10.0. The number of unbranched alkanes of at least 4 members (excludes halogenated alkanes) is 47. The summed E-state index contributed by atoms with van der Waals surface area (Å²) < 4.78 is 17.0. The molecule has 6 nitrogen and oxygen atoms in total. The molecule has 0 fully saturated rings. The molecule has 0 aliphatic carbocycles. The van der Waals surface area contributed by atoms with Crippen molar-refractivity contribution in [1.82, 2.24) is 0 Å². The standard InChI is InChI=1S/C71H132O6/c1-4-7-10-13-16-19-22-25-28-31-33-35-37-40-42-45-48-51-54-57-60-63-69(72)75-66-68(77-71(74)65-62-59-56-53-50-47-44-39-30-27-24-21-18-15-12-9-6-3)67-76-70(73)64-61-58-55-52-49-46-43-41-38-36-34-32-29-26-23-20-17-14-11-8-5-2/h18,21,25,27-28,30,68H,4-17,19-20,22-24,26,29,31-67H2,1-3H3/b21-18-,28-25-,30-27-/t68-/m1/s1. The van der Waals surface area contributed by atoms with Crippen molar-refractivity contribution in [2.75, 3.05) is 13.2 Å². The Labute approximate surface area is 480 Å². The first-order chi connectivity index (χ1) is 38.0. The Morgan fingerprint density at radius 1 is 0.260 bits per heavy atom. The number of hydrogen-bond acceptors (Lipinski definition) is 6. The number of allylic oxidation sites excluding steroid dienone is 6. The highest BCUT2D eigenvalue weighted by molar-refractivity contribution is 5.71. The van der Waals surface area contributed by atoms with Gasteiger partial charge in [0.05, 0.1) is 0 Å². The molecule has 452 valence electrons. The zero-order chi connectivity index (χ0) is 55.7. The van der Waals surface area contributed by atoms with Crippen LogP contribution in [-0.2, 0) is 28.6 Å². The van der Waals surface area contributed by atoms with Gasteiger partial charge in [-0.1, -0.05) is 320 Å². The monoisotopic (exact) mass is 1080 g/mol. The molecule has 0 aliphatic rings. The SMILES string of the molecule is CCCCC/C=C\C/C=C\CCCCCCCCCC(=O)O[C@H](COC(=O)CCCCCCCCCCCCC/C=C\CCCCCCCC)COC(=O)CCCCCCCCCCCCCCCCCCCCCCC. The summed E-state index contributed by atoms with van der Waals surface area (Å²) in [4.78, 5) is 38.4. The fraction of sp³-hybridized carbons (Fsp3) is 0.873. The second kappa shape index (κ2) is 66.1. The number of hydrogen-bond donors (Lipinski definition) is 0. The Balaban J connectivity index is 4.31. The topological polar surface area (TPSA) is 78.9 Å². The first-order valence-electron chi connectivity index (χ1n) is 34.5. The van der Waals surface area contributed by atoms with Crippen LogP contribution in [0.25, 0.3) is 0 Å². The summed E-state index contributed by atoms with van der Waals surface area (Å²) in [6.45, 7) is 6.68. The van der Waals surface area contributed by atoms with Crippen molar-refractivity contribution in [1.29, 1.82) is 0 Å². The molecule has 0 saturated carbocycles. The molecule has 0 saturated heterocycles. The minimum Gasteiger partial charge on any atom is -0.462 e. The van der Waals surface area contributed by atoms with Crippen LogP contribution in [0.15, 0.2) is 36.5 Å². The summed E-state index contributed by atoms with van der Waals surface area (Å²) in [5.41, 5.74) is 0. The van der Waals surface area contributed by atoms with Gasteiger partial charge in [0.1, 0.15) is 13.2 Å². The van der Waals surface area contributed by atoms with E-state index in [0.29, 0.717) is 19.3 Å². The first-order valence-corrected chi connectivity index (χ1v) is 34.5. The molecule has 0 aromatic heterocycles. The summed E-state index contributed by atoms with van der Waals surface area (Å²) in [6.07, 6.45) is 81.6. The van der Waals surface area contributed by atoms with Gasteiger partial charge in [-0.2, -0.15) is 0 Å². The molecular formula is C71H132O6.